The Hall–Kier alpha value is -1.28. The van der Waals surface area contributed by atoms with Crippen LogP contribution in [-0.4, -0.2) is 5.11 Å². The second-order valence-corrected chi connectivity index (χ2v) is 2.79. The molecule has 0 bridgehead atoms. The van der Waals surface area contributed by atoms with Gasteiger partial charge in [-0.1, -0.05) is 24.3 Å². The fourth-order valence-electron chi connectivity index (χ4n) is 1.54. The molecule has 1 aromatic carbocycles. The van der Waals surface area contributed by atoms with Crippen molar-refractivity contribution in [3.63, 3.8) is 0 Å². The average Bonchev–Trinajstić information content (AvgIpc) is 2.78. The largest absolute Gasteiger partial charge is 0.450 e. The highest BCUT2D eigenvalue weighted by Gasteiger charge is 2.42. The Balaban J connectivity index is 2.29. The Bertz CT molecular complexity index is 366. The van der Waals surface area contributed by atoms with E-state index in [1.54, 1.807) is 0 Å². The Morgan fingerprint density at radius 1 is 1.27 bits per heavy atom. The zero-order chi connectivity index (χ0) is 7.42. The summed E-state index contributed by atoms with van der Waals surface area (Å²) >= 11 is 0. The maximum absolute atomic E-state index is 9.51. The van der Waals surface area contributed by atoms with Gasteiger partial charge < -0.3 is 9.84 Å². The summed E-state index contributed by atoms with van der Waals surface area (Å²) in [5.74, 6) is 1.62. The molecular formula is C9H6O2. The molecule has 1 aliphatic heterocycles. The second kappa shape index (κ2) is 1.48. The quantitative estimate of drug-likeness (QED) is 0.600. The van der Waals surface area contributed by atoms with E-state index in [9.17, 15) is 5.11 Å². The zero-order valence-electron chi connectivity index (χ0n) is 5.74. The lowest BCUT2D eigenvalue weighted by Crippen LogP contribution is -1.96. The van der Waals surface area contributed by atoms with E-state index < -0.39 is 6.10 Å². The number of aliphatic hydroxyl groups excluding tert-OH is 1. The van der Waals surface area contributed by atoms with Gasteiger partial charge >= 0.3 is 0 Å². The molecule has 0 amide bonds. The van der Waals surface area contributed by atoms with Crippen LogP contribution in [0.1, 0.15) is 17.2 Å². The van der Waals surface area contributed by atoms with Gasteiger partial charge in [-0.3, -0.25) is 0 Å². The lowest BCUT2D eigenvalue weighted by molar-refractivity contribution is 0.186. The summed E-state index contributed by atoms with van der Waals surface area (Å²) in [4.78, 5) is 0. The number of benzene rings is 1. The van der Waals surface area contributed by atoms with E-state index in [-0.39, 0.29) is 0 Å². The number of ether oxygens (including phenoxy) is 1. The van der Waals surface area contributed by atoms with E-state index in [0.717, 1.165) is 22.6 Å². The number of hydrogen-bond donors (Lipinski definition) is 1. The molecule has 11 heavy (non-hydrogen) atoms. The van der Waals surface area contributed by atoms with Crippen LogP contribution in [0.3, 0.4) is 0 Å². The first-order valence-electron chi connectivity index (χ1n) is 3.57. The Labute approximate surface area is 63.7 Å². The van der Waals surface area contributed by atoms with Crippen molar-refractivity contribution in [2.24, 2.45) is 0 Å². The van der Waals surface area contributed by atoms with Crippen LogP contribution in [0.25, 0.3) is 5.76 Å². The highest BCUT2D eigenvalue weighted by atomic mass is 16.6. The summed E-state index contributed by atoms with van der Waals surface area (Å²) < 4.78 is 5.07. The molecule has 2 nitrogen and oxygen atoms in total. The van der Waals surface area contributed by atoms with Crippen LogP contribution in [0, 0.1) is 0 Å². The van der Waals surface area contributed by atoms with Crippen molar-refractivity contribution in [3.05, 3.63) is 41.2 Å². The van der Waals surface area contributed by atoms with E-state index in [1.807, 2.05) is 24.3 Å². The van der Waals surface area contributed by atoms with Crippen LogP contribution in [0.4, 0.5) is 0 Å². The summed E-state index contributed by atoms with van der Waals surface area (Å²) in [5.41, 5.74) is 2.03. The van der Waals surface area contributed by atoms with Crippen LogP contribution in [0.2, 0.25) is 0 Å². The van der Waals surface area contributed by atoms with Gasteiger partial charge in [0.25, 0.3) is 0 Å². The predicted molar refractivity (Wildman–Crippen MR) is 39.4 cm³/mol. The summed E-state index contributed by atoms with van der Waals surface area (Å²) in [6, 6.07) is 7.76. The van der Waals surface area contributed by atoms with Crippen molar-refractivity contribution in [2.45, 2.75) is 6.10 Å². The average molecular weight is 146 g/mol. The van der Waals surface area contributed by atoms with Crippen molar-refractivity contribution in [1.82, 2.24) is 0 Å². The van der Waals surface area contributed by atoms with Gasteiger partial charge in [0.1, 0.15) is 6.10 Å². The molecule has 0 saturated heterocycles. The lowest BCUT2D eigenvalue weighted by atomic mass is 10.1. The van der Waals surface area contributed by atoms with Crippen LogP contribution < -0.4 is 0 Å². The molecule has 1 heterocycles. The Kier molecular flexibility index (Phi) is 0.725. The van der Waals surface area contributed by atoms with E-state index in [1.165, 1.54) is 0 Å². The van der Waals surface area contributed by atoms with Gasteiger partial charge in [0.2, 0.25) is 0 Å². The zero-order valence-corrected chi connectivity index (χ0v) is 5.74. The minimum Gasteiger partial charge on any atom is -0.450 e. The van der Waals surface area contributed by atoms with Gasteiger partial charge in [-0.15, -0.1) is 0 Å². The van der Waals surface area contributed by atoms with E-state index in [0.29, 0.717) is 0 Å². The van der Waals surface area contributed by atoms with Crippen LogP contribution in [0.15, 0.2) is 30.0 Å². The van der Waals surface area contributed by atoms with Crippen molar-refractivity contribution in [2.75, 3.05) is 0 Å². The van der Waals surface area contributed by atoms with Crippen molar-refractivity contribution < 1.29 is 9.84 Å². The number of fused-ring (bicyclic) bond motifs is 2. The molecule has 1 aliphatic carbocycles. The fourth-order valence-corrected chi connectivity index (χ4v) is 1.54. The van der Waals surface area contributed by atoms with Crippen molar-refractivity contribution >= 4 is 5.76 Å². The monoisotopic (exact) mass is 146 g/mol. The molecule has 0 saturated carbocycles. The van der Waals surface area contributed by atoms with E-state index in [2.05, 4.69) is 0 Å². The minimum atomic E-state index is -0.499. The van der Waals surface area contributed by atoms with E-state index in [4.69, 9.17) is 4.74 Å². The number of aliphatic hydroxyl groups is 1. The molecular weight excluding hydrogens is 140 g/mol. The molecule has 0 spiro atoms. The summed E-state index contributed by atoms with van der Waals surface area (Å²) in [6.07, 6.45) is -0.499. The van der Waals surface area contributed by atoms with Gasteiger partial charge in [0.05, 0.1) is 0 Å². The standard InChI is InChI=1S/C9H6O2/c10-7-5-3-1-2-4-6(5)8-9(7)11-8/h1-4,7,10H. The first-order valence-corrected chi connectivity index (χ1v) is 3.57. The van der Waals surface area contributed by atoms with Crippen molar-refractivity contribution in [1.29, 1.82) is 0 Å². The molecule has 1 aromatic rings. The summed E-state index contributed by atoms with van der Waals surface area (Å²) in [6.45, 7) is 0. The molecule has 2 aliphatic rings. The molecule has 54 valence electrons. The third-order valence-corrected chi connectivity index (χ3v) is 2.14. The normalized spacial score (nSPS) is 24.3. The molecule has 0 radical (unpaired) electrons. The van der Waals surface area contributed by atoms with Crippen LogP contribution >= 0.6 is 0 Å². The van der Waals surface area contributed by atoms with Crippen molar-refractivity contribution in [3.8, 4) is 0 Å². The topological polar surface area (TPSA) is 32.8 Å². The van der Waals surface area contributed by atoms with Gasteiger partial charge in [-0.25, -0.2) is 0 Å². The minimum absolute atomic E-state index is 0.499. The maximum atomic E-state index is 9.51. The second-order valence-electron chi connectivity index (χ2n) is 2.79. The van der Waals surface area contributed by atoms with Gasteiger partial charge in [0, 0.05) is 5.56 Å². The third-order valence-electron chi connectivity index (χ3n) is 2.14. The van der Waals surface area contributed by atoms with E-state index >= 15 is 0 Å². The Morgan fingerprint density at radius 2 is 2.09 bits per heavy atom. The summed E-state index contributed by atoms with van der Waals surface area (Å²) in [7, 11) is 0. The van der Waals surface area contributed by atoms with Gasteiger partial charge in [-0.05, 0) is 5.56 Å². The van der Waals surface area contributed by atoms with Crippen LogP contribution in [-0.2, 0) is 4.74 Å². The molecule has 2 heteroatoms. The molecule has 1 unspecified atom stereocenters. The first-order chi connectivity index (χ1) is 5.38. The maximum Gasteiger partial charge on any atom is 0.180 e. The molecule has 0 fully saturated rings. The smallest absolute Gasteiger partial charge is 0.180 e. The molecule has 0 aromatic heterocycles. The highest BCUT2D eigenvalue weighted by molar-refractivity contribution is 5.80. The lowest BCUT2D eigenvalue weighted by Gasteiger charge is -2.06. The van der Waals surface area contributed by atoms with Crippen LogP contribution in [0.5, 0.6) is 0 Å². The molecule has 3 rings (SSSR count). The predicted octanol–water partition coefficient (Wildman–Crippen LogP) is 1.43. The molecule has 1 atom stereocenters. The number of rotatable bonds is 0. The van der Waals surface area contributed by atoms with Gasteiger partial charge in [-0.2, -0.15) is 0 Å². The highest BCUT2D eigenvalue weighted by Crippen LogP contribution is 2.52. The SMILES string of the molecule is OC1C2=C(O2)c2ccccc21. The summed E-state index contributed by atoms with van der Waals surface area (Å²) in [5, 5.41) is 9.51. The Morgan fingerprint density at radius 3 is 2.91 bits per heavy atom. The number of hydrogen-bond acceptors (Lipinski definition) is 2. The third kappa shape index (κ3) is 0.512. The molecule has 1 N–H and O–H groups in total. The fraction of sp³-hybridized carbons (Fsp3) is 0.111. The van der Waals surface area contributed by atoms with Gasteiger partial charge in [0.15, 0.2) is 11.5 Å². The first kappa shape index (κ1) is 5.38.